The maximum Gasteiger partial charge on any atom is 0.373 e. The van der Waals surface area contributed by atoms with E-state index in [0.717, 1.165) is 0 Å². The van der Waals surface area contributed by atoms with Crippen LogP contribution in [0.1, 0.15) is 30.1 Å². The Morgan fingerprint density at radius 1 is 1.50 bits per heavy atom. The number of aromatic carboxylic acids is 1. The van der Waals surface area contributed by atoms with Crippen LogP contribution in [-0.2, 0) is 6.42 Å². The molecule has 1 N–H and O–H groups in total. The van der Waals surface area contributed by atoms with Crippen LogP contribution in [0, 0.1) is 11.7 Å². The van der Waals surface area contributed by atoms with E-state index >= 15 is 0 Å². The molecule has 1 aromatic carbocycles. The Morgan fingerprint density at radius 3 is 2.80 bits per heavy atom. The van der Waals surface area contributed by atoms with Gasteiger partial charge in [0.2, 0.25) is 11.7 Å². The molecule has 0 saturated heterocycles. The van der Waals surface area contributed by atoms with E-state index in [1.54, 1.807) is 0 Å². The van der Waals surface area contributed by atoms with Crippen molar-refractivity contribution in [3.8, 4) is 11.5 Å². The van der Waals surface area contributed by atoms with E-state index in [0.29, 0.717) is 22.2 Å². The van der Waals surface area contributed by atoms with Gasteiger partial charge in [0.05, 0.1) is 11.3 Å². The Labute approximate surface area is 123 Å². The fourth-order valence-electron chi connectivity index (χ4n) is 1.82. The highest BCUT2D eigenvalue weighted by atomic mass is 79.9. The molecular formula is C14H13BrFNO3. The molecule has 0 fully saturated rings. The molecule has 2 rings (SSSR count). The Balaban J connectivity index is 2.52. The summed E-state index contributed by atoms with van der Waals surface area (Å²) in [6.45, 7) is 3.91. The predicted molar refractivity (Wildman–Crippen MR) is 75.1 cm³/mol. The van der Waals surface area contributed by atoms with Crippen molar-refractivity contribution in [3.05, 3.63) is 39.9 Å². The van der Waals surface area contributed by atoms with Crippen molar-refractivity contribution < 1.29 is 18.7 Å². The molecule has 2 aromatic rings. The monoisotopic (exact) mass is 341 g/mol. The zero-order chi connectivity index (χ0) is 14.9. The highest BCUT2D eigenvalue weighted by Crippen LogP contribution is 2.30. The van der Waals surface area contributed by atoms with E-state index < -0.39 is 11.8 Å². The summed E-state index contributed by atoms with van der Waals surface area (Å²) in [7, 11) is 0. The van der Waals surface area contributed by atoms with Crippen LogP contribution in [0.25, 0.3) is 11.5 Å². The number of aromatic nitrogens is 1. The molecule has 1 aromatic heterocycles. The number of carboxylic acid groups (broad SMARTS) is 1. The second-order valence-corrected chi connectivity index (χ2v) is 5.68. The van der Waals surface area contributed by atoms with Crippen LogP contribution in [0.2, 0.25) is 0 Å². The minimum Gasteiger partial charge on any atom is -0.475 e. The standard InChI is InChI=1S/C14H13BrFNO3/c1-7(2)5-11-12(14(18)19)20-13(17-11)9-6-8(16)3-4-10(9)15/h3-4,6-7H,5H2,1-2H3,(H,18,19). The molecule has 4 nitrogen and oxygen atoms in total. The van der Waals surface area contributed by atoms with E-state index in [9.17, 15) is 9.18 Å². The van der Waals surface area contributed by atoms with Gasteiger partial charge in [0.1, 0.15) is 5.82 Å². The van der Waals surface area contributed by atoms with Crippen molar-refractivity contribution in [1.82, 2.24) is 4.98 Å². The number of oxazole rings is 1. The molecule has 0 aliphatic carbocycles. The van der Waals surface area contributed by atoms with Gasteiger partial charge >= 0.3 is 5.97 Å². The summed E-state index contributed by atoms with van der Waals surface area (Å²) in [5, 5.41) is 9.14. The third-order valence-electron chi connectivity index (χ3n) is 2.65. The SMILES string of the molecule is CC(C)Cc1nc(-c2cc(F)ccc2Br)oc1C(=O)O. The molecule has 0 amide bonds. The summed E-state index contributed by atoms with van der Waals surface area (Å²) in [6, 6.07) is 4.07. The first kappa shape index (κ1) is 14.7. The molecule has 0 bridgehead atoms. The van der Waals surface area contributed by atoms with Gasteiger partial charge in [-0.15, -0.1) is 0 Å². The summed E-state index contributed by atoms with van der Waals surface area (Å²) in [5.41, 5.74) is 0.765. The maximum atomic E-state index is 13.3. The second kappa shape index (κ2) is 5.75. The average molecular weight is 342 g/mol. The largest absolute Gasteiger partial charge is 0.475 e. The summed E-state index contributed by atoms with van der Waals surface area (Å²) >= 11 is 3.27. The van der Waals surface area contributed by atoms with Crippen molar-refractivity contribution in [2.45, 2.75) is 20.3 Å². The molecule has 0 aliphatic rings. The molecular weight excluding hydrogens is 329 g/mol. The van der Waals surface area contributed by atoms with E-state index in [1.165, 1.54) is 18.2 Å². The number of nitrogens with zero attached hydrogens (tertiary/aromatic N) is 1. The van der Waals surface area contributed by atoms with Crippen LogP contribution < -0.4 is 0 Å². The number of benzene rings is 1. The number of hydrogen-bond acceptors (Lipinski definition) is 3. The Kier molecular flexibility index (Phi) is 4.23. The minimum atomic E-state index is -1.17. The third-order valence-corrected chi connectivity index (χ3v) is 3.34. The number of rotatable bonds is 4. The summed E-state index contributed by atoms with van der Waals surface area (Å²) in [6.07, 6.45) is 0.484. The van der Waals surface area contributed by atoms with Crippen molar-refractivity contribution in [2.75, 3.05) is 0 Å². The second-order valence-electron chi connectivity index (χ2n) is 4.82. The molecule has 1 heterocycles. The van der Waals surface area contributed by atoms with E-state index in [1.807, 2.05) is 13.8 Å². The van der Waals surface area contributed by atoms with Gasteiger partial charge in [0.25, 0.3) is 0 Å². The van der Waals surface area contributed by atoms with Crippen molar-refractivity contribution in [1.29, 1.82) is 0 Å². The van der Waals surface area contributed by atoms with E-state index in [4.69, 9.17) is 9.52 Å². The first-order valence-electron chi connectivity index (χ1n) is 6.07. The lowest BCUT2D eigenvalue weighted by atomic mass is 10.1. The van der Waals surface area contributed by atoms with Crippen LogP contribution in [-0.4, -0.2) is 16.1 Å². The highest BCUT2D eigenvalue weighted by Gasteiger charge is 2.22. The fraction of sp³-hybridized carbons (Fsp3) is 0.286. The van der Waals surface area contributed by atoms with Crippen LogP contribution >= 0.6 is 15.9 Å². The zero-order valence-electron chi connectivity index (χ0n) is 11.0. The van der Waals surface area contributed by atoms with E-state index in [-0.39, 0.29) is 17.6 Å². The number of hydrogen-bond donors (Lipinski definition) is 1. The topological polar surface area (TPSA) is 63.3 Å². The normalized spacial score (nSPS) is 11.1. The molecule has 0 saturated carbocycles. The van der Waals surface area contributed by atoms with Gasteiger partial charge in [0, 0.05) is 4.47 Å². The van der Waals surface area contributed by atoms with Crippen molar-refractivity contribution >= 4 is 21.9 Å². The lowest BCUT2D eigenvalue weighted by molar-refractivity contribution is 0.0661. The number of carboxylic acids is 1. The number of halogens is 2. The van der Waals surface area contributed by atoms with Gasteiger partial charge in [-0.05, 0) is 46.5 Å². The first-order valence-corrected chi connectivity index (χ1v) is 6.86. The summed E-state index contributed by atoms with van der Waals surface area (Å²) in [5.74, 6) is -1.47. The lowest BCUT2D eigenvalue weighted by Gasteiger charge is -2.00. The molecule has 106 valence electrons. The van der Waals surface area contributed by atoms with Crippen LogP contribution in [0.15, 0.2) is 27.1 Å². The van der Waals surface area contributed by atoms with Gasteiger partial charge in [-0.25, -0.2) is 14.2 Å². The summed E-state index contributed by atoms with van der Waals surface area (Å²) < 4.78 is 19.2. The zero-order valence-corrected chi connectivity index (χ0v) is 12.6. The maximum absolute atomic E-state index is 13.3. The molecule has 0 atom stereocenters. The molecule has 0 aliphatic heterocycles. The van der Waals surface area contributed by atoms with Gasteiger partial charge in [-0.1, -0.05) is 13.8 Å². The average Bonchev–Trinajstić information content (AvgIpc) is 2.75. The first-order chi connectivity index (χ1) is 9.38. The Morgan fingerprint density at radius 2 is 2.20 bits per heavy atom. The number of carbonyl (C=O) groups is 1. The highest BCUT2D eigenvalue weighted by molar-refractivity contribution is 9.10. The summed E-state index contributed by atoms with van der Waals surface area (Å²) in [4.78, 5) is 15.4. The Bertz CT molecular complexity index is 652. The quantitative estimate of drug-likeness (QED) is 0.907. The molecule has 0 radical (unpaired) electrons. The van der Waals surface area contributed by atoms with Crippen LogP contribution in [0.4, 0.5) is 4.39 Å². The van der Waals surface area contributed by atoms with E-state index in [2.05, 4.69) is 20.9 Å². The third kappa shape index (κ3) is 3.07. The van der Waals surface area contributed by atoms with Crippen molar-refractivity contribution in [2.24, 2.45) is 5.92 Å². The van der Waals surface area contributed by atoms with Gasteiger partial charge in [-0.2, -0.15) is 0 Å². The molecule has 0 spiro atoms. The van der Waals surface area contributed by atoms with Crippen LogP contribution in [0.3, 0.4) is 0 Å². The van der Waals surface area contributed by atoms with Crippen LogP contribution in [0.5, 0.6) is 0 Å². The molecule has 20 heavy (non-hydrogen) atoms. The van der Waals surface area contributed by atoms with Crippen molar-refractivity contribution in [3.63, 3.8) is 0 Å². The molecule has 0 unspecified atom stereocenters. The molecule has 6 heteroatoms. The Hall–Kier alpha value is -1.69. The fourth-order valence-corrected chi connectivity index (χ4v) is 2.24. The minimum absolute atomic E-state index is 0.101. The van der Waals surface area contributed by atoms with Gasteiger partial charge in [-0.3, -0.25) is 0 Å². The van der Waals surface area contributed by atoms with Gasteiger partial charge < -0.3 is 9.52 Å². The van der Waals surface area contributed by atoms with Gasteiger partial charge in [0.15, 0.2) is 0 Å². The lowest BCUT2D eigenvalue weighted by Crippen LogP contribution is -2.03. The smallest absolute Gasteiger partial charge is 0.373 e. The predicted octanol–water partition coefficient (Wildman–Crippen LogP) is 4.14.